The number of ether oxygens (including phenoxy) is 2. The third-order valence-electron chi connectivity index (χ3n) is 2.03. The molecule has 0 amide bonds. The molecule has 0 bridgehead atoms. The van der Waals surface area contributed by atoms with Crippen molar-refractivity contribution >= 4 is 17.6 Å². The SMILES string of the molecule is O=C(OC/C=C\COCc1ccccc1)C(F)(F)Cl. The fourth-order valence-corrected chi connectivity index (χ4v) is 1.22. The average molecular weight is 291 g/mol. The Labute approximate surface area is 114 Å². The van der Waals surface area contributed by atoms with Gasteiger partial charge in [-0.15, -0.1) is 0 Å². The van der Waals surface area contributed by atoms with Gasteiger partial charge >= 0.3 is 11.4 Å². The van der Waals surface area contributed by atoms with Gasteiger partial charge in [0, 0.05) is 0 Å². The highest BCUT2D eigenvalue weighted by Crippen LogP contribution is 2.19. The molecule has 0 N–H and O–H groups in total. The normalized spacial score (nSPS) is 11.7. The van der Waals surface area contributed by atoms with Crippen LogP contribution >= 0.6 is 11.6 Å². The van der Waals surface area contributed by atoms with Crippen LogP contribution in [0.2, 0.25) is 0 Å². The summed E-state index contributed by atoms with van der Waals surface area (Å²) in [5.74, 6) is -1.76. The maximum Gasteiger partial charge on any atom is 0.417 e. The summed E-state index contributed by atoms with van der Waals surface area (Å²) in [5, 5.41) is -3.97. The lowest BCUT2D eigenvalue weighted by Gasteiger charge is -2.05. The monoisotopic (exact) mass is 290 g/mol. The van der Waals surface area contributed by atoms with E-state index in [-0.39, 0.29) is 6.61 Å². The Hall–Kier alpha value is -1.46. The maximum atomic E-state index is 12.2. The molecule has 0 unspecified atom stereocenters. The molecule has 0 aliphatic carbocycles. The minimum absolute atomic E-state index is 0.268. The zero-order valence-corrected chi connectivity index (χ0v) is 10.8. The fourth-order valence-electron chi connectivity index (χ4n) is 1.16. The van der Waals surface area contributed by atoms with Crippen molar-refractivity contribution in [3.05, 3.63) is 48.0 Å². The molecule has 0 aliphatic heterocycles. The van der Waals surface area contributed by atoms with Crippen molar-refractivity contribution in [3.63, 3.8) is 0 Å². The molecule has 6 heteroatoms. The van der Waals surface area contributed by atoms with Gasteiger partial charge in [-0.3, -0.25) is 0 Å². The third kappa shape index (κ3) is 6.88. The summed E-state index contributed by atoms with van der Waals surface area (Å²) in [6.07, 6.45) is 2.98. The van der Waals surface area contributed by atoms with Crippen LogP contribution in [0.4, 0.5) is 8.78 Å². The highest BCUT2D eigenvalue weighted by Gasteiger charge is 2.37. The molecule has 0 spiro atoms. The highest BCUT2D eigenvalue weighted by molar-refractivity contribution is 6.31. The summed E-state index contributed by atoms with van der Waals surface area (Å²) in [6.45, 7) is 0.476. The van der Waals surface area contributed by atoms with E-state index in [1.807, 2.05) is 30.3 Å². The van der Waals surface area contributed by atoms with Crippen molar-refractivity contribution in [2.24, 2.45) is 0 Å². The predicted octanol–water partition coefficient (Wildman–Crippen LogP) is 3.13. The van der Waals surface area contributed by atoms with Crippen molar-refractivity contribution in [1.82, 2.24) is 0 Å². The zero-order valence-electron chi connectivity index (χ0n) is 10.0. The third-order valence-corrected chi connectivity index (χ3v) is 2.19. The van der Waals surface area contributed by atoms with Gasteiger partial charge in [-0.25, -0.2) is 4.79 Å². The smallest absolute Gasteiger partial charge is 0.417 e. The van der Waals surface area contributed by atoms with E-state index in [0.717, 1.165) is 5.56 Å². The van der Waals surface area contributed by atoms with Crippen LogP contribution in [0.25, 0.3) is 0 Å². The van der Waals surface area contributed by atoms with Crippen molar-refractivity contribution in [3.8, 4) is 0 Å². The summed E-state index contributed by atoms with van der Waals surface area (Å²) >= 11 is 4.46. The molecular formula is C13H13ClF2O3. The second kappa shape index (κ2) is 7.86. The lowest BCUT2D eigenvalue weighted by Crippen LogP contribution is -2.24. The molecule has 0 atom stereocenters. The Bertz CT molecular complexity index is 416. The van der Waals surface area contributed by atoms with Crippen molar-refractivity contribution < 1.29 is 23.0 Å². The number of hydrogen-bond acceptors (Lipinski definition) is 3. The predicted molar refractivity (Wildman–Crippen MR) is 67.0 cm³/mol. The summed E-state index contributed by atoms with van der Waals surface area (Å²) in [4.78, 5) is 10.6. The number of rotatable bonds is 7. The molecular weight excluding hydrogens is 278 g/mol. The molecule has 3 nitrogen and oxygen atoms in total. The fraction of sp³-hybridized carbons (Fsp3) is 0.308. The van der Waals surface area contributed by atoms with Crippen LogP contribution in [-0.2, 0) is 20.9 Å². The Morgan fingerprint density at radius 1 is 1.21 bits per heavy atom. The van der Waals surface area contributed by atoms with Crippen LogP contribution in [0.5, 0.6) is 0 Å². The Morgan fingerprint density at radius 3 is 2.47 bits per heavy atom. The van der Waals surface area contributed by atoms with Gasteiger partial charge < -0.3 is 9.47 Å². The number of alkyl halides is 3. The van der Waals surface area contributed by atoms with E-state index in [0.29, 0.717) is 13.2 Å². The standard InChI is InChI=1S/C13H13ClF2O3/c14-13(15,16)12(17)19-9-5-4-8-18-10-11-6-2-1-3-7-11/h1-7H,8-10H2/b5-4-. The second-order valence-electron chi connectivity index (χ2n) is 3.57. The van der Waals surface area contributed by atoms with Gasteiger partial charge in [-0.2, -0.15) is 8.78 Å². The molecule has 0 heterocycles. The Balaban J connectivity index is 2.10. The van der Waals surface area contributed by atoms with Gasteiger partial charge in [0.2, 0.25) is 0 Å². The second-order valence-corrected chi connectivity index (χ2v) is 4.04. The van der Waals surface area contributed by atoms with E-state index in [1.165, 1.54) is 6.08 Å². The maximum absolute atomic E-state index is 12.2. The molecule has 1 aromatic carbocycles. The largest absolute Gasteiger partial charge is 0.456 e. The van der Waals surface area contributed by atoms with E-state index in [4.69, 9.17) is 4.74 Å². The number of benzene rings is 1. The minimum atomic E-state index is -3.97. The average Bonchev–Trinajstić information content (AvgIpc) is 2.37. The van der Waals surface area contributed by atoms with Gasteiger partial charge in [0.15, 0.2) is 0 Å². The van der Waals surface area contributed by atoms with E-state index in [2.05, 4.69) is 16.3 Å². The molecule has 1 aromatic rings. The molecule has 0 fully saturated rings. The molecule has 104 valence electrons. The summed E-state index contributed by atoms with van der Waals surface area (Å²) < 4.78 is 33.9. The molecule has 0 aromatic heterocycles. The molecule has 0 saturated carbocycles. The summed E-state index contributed by atoms with van der Waals surface area (Å²) in [7, 11) is 0. The number of carbonyl (C=O) groups is 1. The molecule has 0 radical (unpaired) electrons. The van der Waals surface area contributed by atoms with Crippen molar-refractivity contribution in [2.75, 3.05) is 13.2 Å². The van der Waals surface area contributed by atoms with E-state index >= 15 is 0 Å². The van der Waals surface area contributed by atoms with Crippen molar-refractivity contribution in [1.29, 1.82) is 0 Å². The lowest BCUT2D eigenvalue weighted by molar-refractivity contribution is -0.159. The first kappa shape index (κ1) is 15.6. The number of hydrogen-bond donors (Lipinski definition) is 0. The molecule has 1 rings (SSSR count). The Kier molecular flexibility index (Phi) is 6.45. The van der Waals surface area contributed by atoms with E-state index in [1.54, 1.807) is 6.08 Å². The van der Waals surface area contributed by atoms with Crippen LogP contribution in [0.15, 0.2) is 42.5 Å². The quantitative estimate of drug-likeness (QED) is 0.335. The van der Waals surface area contributed by atoms with Gasteiger partial charge in [0.1, 0.15) is 6.61 Å². The van der Waals surface area contributed by atoms with Crippen molar-refractivity contribution in [2.45, 2.75) is 12.0 Å². The number of halogens is 3. The molecule has 0 aliphatic rings. The van der Waals surface area contributed by atoms with Crippen LogP contribution in [0, 0.1) is 0 Å². The van der Waals surface area contributed by atoms with E-state index in [9.17, 15) is 13.6 Å². The minimum Gasteiger partial charge on any atom is -0.456 e. The van der Waals surface area contributed by atoms with Crippen LogP contribution in [0.1, 0.15) is 5.56 Å². The first-order valence-electron chi connectivity index (χ1n) is 5.51. The van der Waals surface area contributed by atoms with E-state index < -0.39 is 11.4 Å². The molecule has 0 saturated heterocycles. The topological polar surface area (TPSA) is 35.5 Å². The molecule has 19 heavy (non-hydrogen) atoms. The Morgan fingerprint density at radius 2 is 1.84 bits per heavy atom. The lowest BCUT2D eigenvalue weighted by atomic mass is 10.2. The number of esters is 1. The van der Waals surface area contributed by atoms with Crippen LogP contribution < -0.4 is 0 Å². The summed E-state index contributed by atoms with van der Waals surface area (Å²) in [6, 6.07) is 9.56. The zero-order chi connectivity index (χ0) is 14.1. The van der Waals surface area contributed by atoms with Gasteiger partial charge in [0.05, 0.1) is 13.2 Å². The first-order chi connectivity index (χ1) is 9.00. The van der Waals surface area contributed by atoms with Gasteiger partial charge in [0.25, 0.3) is 0 Å². The van der Waals surface area contributed by atoms with Gasteiger partial charge in [-0.1, -0.05) is 36.4 Å². The summed E-state index contributed by atoms with van der Waals surface area (Å²) in [5.41, 5.74) is 1.03. The van der Waals surface area contributed by atoms with Crippen LogP contribution in [-0.4, -0.2) is 24.6 Å². The van der Waals surface area contributed by atoms with Gasteiger partial charge in [-0.05, 0) is 23.2 Å². The first-order valence-corrected chi connectivity index (χ1v) is 5.88. The van der Waals surface area contributed by atoms with Crippen LogP contribution in [0.3, 0.4) is 0 Å². The highest BCUT2D eigenvalue weighted by atomic mass is 35.5. The number of carbonyl (C=O) groups excluding carboxylic acids is 1.